The van der Waals surface area contributed by atoms with E-state index in [2.05, 4.69) is 43.8 Å². The van der Waals surface area contributed by atoms with E-state index in [1.807, 2.05) is 13.8 Å². The van der Waals surface area contributed by atoms with E-state index in [0.29, 0.717) is 10.4 Å². The minimum absolute atomic E-state index is 0.0157. The van der Waals surface area contributed by atoms with Crippen LogP contribution in [0.15, 0.2) is 18.2 Å². The molecular formula is C12H15BrINO2. The molecule has 3 nitrogen and oxygen atoms in total. The Labute approximate surface area is 123 Å². The zero-order chi connectivity index (χ0) is 13.0. The lowest BCUT2D eigenvalue weighted by Gasteiger charge is -2.15. The molecule has 5 heteroatoms. The fourth-order valence-corrected chi connectivity index (χ4v) is 2.59. The van der Waals surface area contributed by atoms with Crippen molar-refractivity contribution in [3.63, 3.8) is 0 Å². The number of phenolic OH excluding ortho intramolecular Hbond substituents is 1. The number of phenols is 1. The number of rotatable bonds is 4. The van der Waals surface area contributed by atoms with Crippen molar-refractivity contribution in [2.24, 2.45) is 0 Å². The Morgan fingerprint density at radius 3 is 2.76 bits per heavy atom. The number of aromatic hydroxyl groups is 1. The highest BCUT2D eigenvalue weighted by Crippen LogP contribution is 2.20. The molecular weight excluding hydrogens is 397 g/mol. The standard InChI is InChI=1S/C12H15BrINO2/c1-7(13)5-8(2)15-12(17)10-6-9(14)3-4-11(10)16/h3-4,6-8,16H,5H2,1-2H3,(H,15,17). The second kappa shape index (κ2) is 6.58. The van der Waals surface area contributed by atoms with Crippen molar-refractivity contribution in [1.29, 1.82) is 0 Å². The zero-order valence-electron chi connectivity index (χ0n) is 9.71. The van der Waals surface area contributed by atoms with Gasteiger partial charge in [0.25, 0.3) is 5.91 Å². The SMILES string of the molecule is CC(Br)CC(C)NC(=O)c1cc(I)ccc1O. The molecule has 2 atom stereocenters. The summed E-state index contributed by atoms with van der Waals surface area (Å²) in [4.78, 5) is 12.3. The molecule has 0 fully saturated rings. The predicted octanol–water partition coefficient (Wildman–Crippen LogP) is 3.29. The van der Waals surface area contributed by atoms with Gasteiger partial charge in [0.1, 0.15) is 5.75 Å². The number of carbonyl (C=O) groups excluding carboxylic acids is 1. The van der Waals surface area contributed by atoms with E-state index >= 15 is 0 Å². The first-order valence-corrected chi connectivity index (χ1v) is 7.33. The first-order chi connectivity index (χ1) is 7.90. The van der Waals surface area contributed by atoms with Gasteiger partial charge < -0.3 is 10.4 Å². The van der Waals surface area contributed by atoms with Crippen LogP contribution in [0.2, 0.25) is 0 Å². The molecule has 17 heavy (non-hydrogen) atoms. The van der Waals surface area contributed by atoms with E-state index in [-0.39, 0.29) is 17.7 Å². The van der Waals surface area contributed by atoms with Crippen LogP contribution in [-0.2, 0) is 0 Å². The Morgan fingerprint density at radius 2 is 2.18 bits per heavy atom. The third-order valence-electron chi connectivity index (χ3n) is 2.26. The molecule has 1 amide bonds. The molecule has 94 valence electrons. The molecule has 2 unspecified atom stereocenters. The van der Waals surface area contributed by atoms with Crippen molar-refractivity contribution in [1.82, 2.24) is 5.32 Å². The number of alkyl halides is 1. The molecule has 1 rings (SSSR count). The van der Waals surface area contributed by atoms with Crippen molar-refractivity contribution >= 4 is 44.4 Å². The Morgan fingerprint density at radius 1 is 1.53 bits per heavy atom. The zero-order valence-corrected chi connectivity index (χ0v) is 13.4. The van der Waals surface area contributed by atoms with Crippen LogP contribution in [-0.4, -0.2) is 21.9 Å². The number of hydrogen-bond donors (Lipinski definition) is 2. The molecule has 0 spiro atoms. The summed E-state index contributed by atoms with van der Waals surface area (Å²) in [6.45, 7) is 3.98. The molecule has 0 heterocycles. The summed E-state index contributed by atoms with van der Waals surface area (Å²) in [7, 11) is 0. The maximum atomic E-state index is 11.9. The van der Waals surface area contributed by atoms with Gasteiger partial charge in [0.15, 0.2) is 0 Å². The molecule has 2 N–H and O–H groups in total. The van der Waals surface area contributed by atoms with Gasteiger partial charge in [-0.15, -0.1) is 0 Å². The molecule has 0 bridgehead atoms. The average Bonchev–Trinajstić information content (AvgIpc) is 2.20. The summed E-state index contributed by atoms with van der Waals surface area (Å²) in [5.74, 6) is -0.219. The molecule has 0 saturated carbocycles. The number of nitrogens with one attached hydrogen (secondary N) is 1. The van der Waals surface area contributed by atoms with E-state index in [4.69, 9.17) is 0 Å². The lowest BCUT2D eigenvalue weighted by molar-refractivity contribution is 0.0936. The Balaban J connectivity index is 2.73. The average molecular weight is 412 g/mol. The number of benzene rings is 1. The highest BCUT2D eigenvalue weighted by Gasteiger charge is 2.15. The van der Waals surface area contributed by atoms with Gasteiger partial charge in [-0.2, -0.15) is 0 Å². The van der Waals surface area contributed by atoms with E-state index in [0.717, 1.165) is 9.99 Å². The van der Waals surface area contributed by atoms with Crippen LogP contribution in [0, 0.1) is 3.57 Å². The van der Waals surface area contributed by atoms with Gasteiger partial charge in [-0.1, -0.05) is 22.9 Å². The fraction of sp³-hybridized carbons (Fsp3) is 0.417. The predicted molar refractivity (Wildman–Crippen MR) is 80.8 cm³/mol. The molecule has 0 aromatic heterocycles. The largest absolute Gasteiger partial charge is 0.507 e. The third-order valence-corrected chi connectivity index (χ3v) is 3.30. The van der Waals surface area contributed by atoms with Gasteiger partial charge in [-0.25, -0.2) is 0 Å². The van der Waals surface area contributed by atoms with Crippen LogP contribution < -0.4 is 5.32 Å². The van der Waals surface area contributed by atoms with Crippen molar-refractivity contribution in [2.45, 2.75) is 31.1 Å². The van der Waals surface area contributed by atoms with Crippen molar-refractivity contribution in [2.75, 3.05) is 0 Å². The van der Waals surface area contributed by atoms with E-state index in [1.54, 1.807) is 12.1 Å². The maximum absolute atomic E-state index is 11.9. The lowest BCUT2D eigenvalue weighted by Crippen LogP contribution is -2.33. The molecule has 1 aromatic carbocycles. The minimum atomic E-state index is -0.235. The summed E-state index contributed by atoms with van der Waals surface area (Å²) in [6.07, 6.45) is 0.844. The molecule has 0 radical (unpaired) electrons. The summed E-state index contributed by atoms with van der Waals surface area (Å²) in [5.41, 5.74) is 0.325. The van der Waals surface area contributed by atoms with E-state index in [1.165, 1.54) is 6.07 Å². The number of hydrogen-bond acceptors (Lipinski definition) is 2. The summed E-state index contributed by atoms with van der Waals surface area (Å²) in [6, 6.07) is 5.04. The fourth-order valence-electron chi connectivity index (χ4n) is 1.54. The van der Waals surface area contributed by atoms with Crippen LogP contribution in [0.3, 0.4) is 0 Å². The first kappa shape index (κ1) is 14.8. The Bertz CT molecular complexity index is 409. The van der Waals surface area contributed by atoms with E-state index in [9.17, 15) is 9.90 Å². The number of halogens is 2. The summed E-state index contributed by atoms with van der Waals surface area (Å²) < 4.78 is 0.923. The summed E-state index contributed by atoms with van der Waals surface area (Å²) >= 11 is 5.56. The molecule has 1 aromatic rings. The van der Waals surface area contributed by atoms with Crippen molar-refractivity contribution in [3.05, 3.63) is 27.3 Å². The van der Waals surface area contributed by atoms with Gasteiger partial charge in [0.2, 0.25) is 0 Å². The smallest absolute Gasteiger partial charge is 0.255 e. The van der Waals surface area contributed by atoms with Gasteiger partial charge in [0, 0.05) is 14.4 Å². The van der Waals surface area contributed by atoms with Crippen LogP contribution in [0.1, 0.15) is 30.6 Å². The Kier molecular flexibility index (Phi) is 5.72. The maximum Gasteiger partial charge on any atom is 0.255 e. The van der Waals surface area contributed by atoms with Crippen LogP contribution in [0.5, 0.6) is 5.75 Å². The monoisotopic (exact) mass is 411 g/mol. The van der Waals surface area contributed by atoms with Crippen LogP contribution >= 0.6 is 38.5 Å². The van der Waals surface area contributed by atoms with Crippen LogP contribution in [0.4, 0.5) is 0 Å². The van der Waals surface area contributed by atoms with Crippen molar-refractivity contribution in [3.8, 4) is 5.75 Å². The molecule has 0 aliphatic heterocycles. The van der Waals surface area contributed by atoms with Crippen molar-refractivity contribution < 1.29 is 9.90 Å². The van der Waals surface area contributed by atoms with Gasteiger partial charge in [-0.3, -0.25) is 4.79 Å². The van der Waals surface area contributed by atoms with Gasteiger partial charge >= 0.3 is 0 Å². The second-order valence-corrected chi connectivity index (χ2v) is 6.86. The quantitative estimate of drug-likeness (QED) is 0.590. The lowest BCUT2D eigenvalue weighted by atomic mass is 10.1. The van der Waals surface area contributed by atoms with E-state index < -0.39 is 0 Å². The topological polar surface area (TPSA) is 49.3 Å². The molecule has 0 aliphatic rings. The minimum Gasteiger partial charge on any atom is -0.507 e. The molecule has 0 saturated heterocycles. The second-order valence-electron chi connectivity index (χ2n) is 4.05. The number of amides is 1. The van der Waals surface area contributed by atoms with Gasteiger partial charge in [0.05, 0.1) is 5.56 Å². The van der Waals surface area contributed by atoms with Gasteiger partial charge in [-0.05, 0) is 54.1 Å². The third kappa shape index (κ3) is 4.83. The summed E-state index contributed by atoms with van der Waals surface area (Å²) in [5, 5.41) is 12.5. The first-order valence-electron chi connectivity index (χ1n) is 5.33. The Hall–Kier alpha value is -0.300. The normalized spacial score (nSPS) is 14.1. The number of carbonyl (C=O) groups is 1. The highest BCUT2D eigenvalue weighted by atomic mass is 127. The highest BCUT2D eigenvalue weighted by molar-refractivity contribution is 14.1. The van der Waals surface area contributed by atoms with Crippen LogP contribution in [0.25, 0.3) is 0 Å². The molecule has 0 aliphatic carbocycles.